The minimum Gasteiger partial charge on any atom is -0.491 e. The number of aryl methyl sites for hydroxylation is 2. The summed E-state index contributed by atoms with van der Waals surface area (Å²) in [6, 6.07) is 8.93. The molecule has 0 saturated heterocycles. The molecule has 0 aliphatic carbocycles. The maximum atomic E-state index is 12.0. The van der Waals surface area contributed by atoms with Crippen LogP contribution in [-0.4, -0.2) is 17.6 Å². The van der Waals surface area contributed by atoms with E-state index in [1.54, 1.807) is 18.3 Å². The molecule has 1 aromatic carbocycles. The van der Waals surface area contributed by atoms with E-state index in [1.807, 2.05) is 32.0 Å². The molecule has 1 aromatic heterocycles. The van der Waals surface area contributed by atoms with Crippen LogP contribution in [0.25, 0.3) is 0 Å². The Morgan fingerprint density at radius 3 is 2.67 bits per heavy atom. The molecule has 0 radical (unpaired) electrons. The van der Waals surface area contributed by atoms with Crippen molar-refractivity contribution in [3.05, 3.63) is 58.0 Å². The van der Waals surface area contributed by atoms with Crippen LogP contribution < -0.4 is 15.6 Å². The zero-order chi connectivity index (χ0) is 15.4. The first kappa shape index (κ1) is 14.8. The molecule has 5 nitrogen and oxygen atoms in total. The van der Waals surface area contributed by atoms with Gasteiger partial charge in [0.15, 0.2) is 5.75 Å². The lowest BCUT2D eigenvalue weighted by Crippen LogP contribution is -2.27. The van der Waals surface area contributed by atoms with Crippen LogP contribution in [0.1, 0.15) is 11.1 Å². The lowest BCUT2D eigenvalue weighted by molar-refractivity contribution is -0.116. The molecule has 0 bridgehead atoms. The van der Waals surface area contributed by atoms with E-state index in [0.29, 0.717) is 0 Å². The van der Waals surface area contributed by atoms with Crippen LogP contribution in [0, 0.1) is 13.8 Å². The monoisotopic (exact) mass is 286 g/mol. The lowest BCUT2D eigenvalue weighted by atomic mass is 10.1. The Labute approximate surface area is 123 Å². The fraction of sp³-hybridized carbons (Fsp3) is 0.250. The first-order chi connectivity index (χ1) is 10.0. The zero-order valence-electron chi connectivity index (χ0n) is 12.3. The van der Waals surface area contributed by atoms with Crippen LogP contribution in [0.2, 0.25) is 0 Å². The van der Waals surface area contributed by atoms with E-state index in [1.165, 1.54) is 11.7 Å². The second-order valence-corrected chi connectivity index (χ2v) is 4.86. The number of hydrogen-bond acceptors (Lipinski definition) is 3. The van der Waals surface area contributed by atoms with Crippen molar-refractivity contribution in [1.29, 1.82) is 0 Å². The smallest absolute Gasteiger partial charge is 0.293 e. The number of pyridine rings is 1. The standard InChI is InChI=1S/C16H18N2O3/c1-11-6-7-13(9-12(11)2)17-15(19)10-18-8-4-5-14(21-3)16(18)20/h4-9H,10H2,1-3H3,(H,17,19). The summed E-state index contributed by atoms with van der Waals surface area (Å²) in [6.45, 7) is 3.94. The Morgan fingerprint density at radius 2 is 2.00 bits per heavy atom. The highest BCUT2D eigenvalue weighted by molar-refractivity contribution is 5.90. The van der Waals surface area contributed by atoms with Crippen molar-refractivity contribution in [3.8, 4) is 5.75 Å². The van der Waals surface area contributed by atoms with Gasteiger partial charge in [-0.3, -0.25) is 9.59 Å². The van der Waals surface area contributed by atoms with Gasteiger partial charge in [0, 0.05) is 11.9 Å². The van der Waals surface area contributed by atoms with Crippen molar-refractivity contribution in [2.24, 2.45) is 0 Å². The lowest BCUT2D eigenvalue weighted by Gasteiger charge is -2.10. The Kier molecular flexibility index (Phi) is 4.42. The number of ether oxygens (including phenoxy) is 1. The summed E-state index contributed by atoms with van der Waals surface area (Å²) in [4.78, 5) is 24.0. The largest absolute Gasteiger partial charge is 0.491 e. The molecule has 0 aliphatic rings. The summed E-state index contributed by atoms with van der Waals surface area (Å²) in [5, 5.41) is 2.78. The van der Waals surface area contributed by atoms with Crippen LogP contribution in [0.3, 0.4) is 0 Å². The molecule has 1 amide bonds. The Hall–Kier alpha value is -2.56. The molecule has 0 spiro atoms. The van der Waals surface area contributed by atoms with Gasteiger partial charge in [-0.15, -0.1) is 0 Å². The molecule has 0 unspecified atom stereocenters. The normalized spacial score (nSPS) is 10.2. The summed E-state index contributed by atoms with van der Waals surface area (Å²) < 4.78 is 6.26. The summed E-state index contributed by atoms with van der Waals surface area (Å²) in [7, 11) is 1.43. The third-order valence-electron chi connectivity index (χ3n) is 3.31. The maximum Gasteiger partial charge on any atom is 0.293 e. The average Bonchev–Trinajstić information content (AvgIpc) is 2.45. The molecule has 2 aromatic rings. The van der Waals surface area contributed by atoms with Gasteiger partial charge >= 0.3 is 0 Å². The number of aromatic nitrogens is 1. The quantitative estimate of drug-likeness (QED) is 0.936. The van der Waals surface area contributed by atoms with Crippen LogP contribution in [0.15, 0.2) is 41.3 Å². The van der Waals surface area contributed by atoms with Gasteiger partial charge in [0.05, 0.1) is 7.11 Å². The summed E-state index contributed by atoms with van der Waals surface area (Å²) >= 11 is 0. The van der Waals surface area contributed by atoms with Crippen LogP contribution in [-0.2, 0) is 11.3 Å². The van der Waals surface area contributed by atoms with E-state index >= 15 is 0 Å². The number of carbonyl (C=O) groups excluding carboxylic acids is 1. The van der Waals surface area contributed by atoms with E-state index in [9.17, 15) is 9.59 Å². The van der Waals surface area contributed by atoms with E-state index < -0.39 is 0 Å². The number of carbonyl (C=O) groups is 1. The maximum absolute atomic E-state index is 12.0. The number of hydrogen-bond donors (Lipinski definition) is 1. The fourth-order valence-electron chi connectivity index (χ4n) is 1.97. The van der Waals surface area contributed by atoms with Crippen molar-refractivity contribution in [1.82, 2.24) is 4.57 Å². The van der Waals surface area contributed by atoms with E-state index in [4.69, 9.17) is 4.74 Å². The molecule has 0 atom stereocenters. The predicted molar refractivity (Wildman–Crippen MR) is 81.8 cm³/mol. The molecule has 2 rings (SSSR count). The van der Waals surface area contributed by atoms with E-state index in [2.05, 4.69) is 5.32 Å². The highest BCUT2D eigenvalue weighted by Gasteiger charge is 2.08. The van der Waals surface area contributed by atoms with Gasteiger partial charge in [-0.25, -0.2) is 0 Å². The number of benzene rings is 1. The molecule has 5 heteroatoms. The predicted octanol–water partition coefficient (Wildman–Crippen LogP) is 2.11. The molecule has 21 heavy (non-hydrogen) atoms. The van der Waals surface area contributed by atoms with Gasteiger partial charge in [-0.1, -0.05) is 6.07 Å². The third-order valence-corrected chi connectivity index (χ3v) is 3.31. The fourth-order valence-corrected chi connectivity index (χ4v) is 1.97. The summed E-state index contributed by atoms with van der Waals surface area (Å²) in [5.74, 6) is -0.0370. The van der Waals surface area contributed by atoms with Crippen molar-refractivity contribution in [2.45, 2.75) is 20.4 Å². The van der Waals surface area contributed by atoms with Crippen molar-refractivity contribution < 1.29 is 9.53 Å². The minimum atomic E-state index is -0.324. The van der Waals surface area contributed by atoms with Crippen LogP contribution in [0.4, 0.5) is 5.69 Å². The zero-order valence-corrected chi connectivity index (χ0v) is 12.3. The highest BCUT2D eigenvalue weighted by atomic mass is 16.5. The topological polar surface area (TPSA) is 60.3 Å². The molecular weight excluding hydrogens is 268 g/mol. The van der Waals surface area contributed by atoms with E-state index in [-0.39, 0.29) is 23.8 Å². The number of nitrogens with zero attached hydrogens (tertiary/aromatic N) is 1. The number of anilines is 1. The number of amides is 1. The minimum absolute atomic E-state index is 0.0526. The van der Waals surface area contributed by atoms with Gasteiger partial charge in [0.1, 0.15) is 6.54 Å². The molecule has 110 valence electrons. The molecule has 0 fully saturated rings. The van der Waals surface area contributed by atoms with Crippen molar-refractivity contribution >= 4 is 11.6 Å². The van der Waals surface area contributed by atoms with Gasteiger partial charge < -0.3 is 14.6 Å². The summed E-state index contributed by atoms with van der Waals surface area (Å²) in [6.07, 6.45) is 1.56. The SMILES string of the molecule is COc1cccn(CC(=O)Nc2ccc(C)c(C)c2)c1=O. The highest BCUT2D eigenvalue weighted by Crippen LogP contribution is 2.14. The molecule has 0 aliphatic heterocycles. The van der Waals surface area contributed by atoms with E-state index in [0.717, 1.165) is 16.8 Å². The van der Waals surface area contributed by atoms with Gasteiger partial charge in [0.25, 0.3) is 5.56 Å². The van der Waals surface area contributed by atoms with Gasteiger partial charge in [0.2, 0.25) is 5.91 Å². The molecule has 1 heterocycles. The second-order valence-electron chi connectivity index (χ2n) is 4.86. The van der Waals surface area contributed by atoms with Gasteiger partial charge in [-0.05, 0) is 49.2 Å². The third kappa shape index (κ3) is 3.51. The Bertz CT molecular complexity index is 720. The van der Waals surface area contributed by atoms with Crippen molar-refractivity contribution in [2.75, 3.05) is 12.4 Å². The molecule has 1 N–H and O–H groups in total. The van der Waals surface area contributed by atoms with Crippen molar-refractivity contribution in [3.63, 3.8) is 0 Å². The second kappa shape index (κ2) is 6.26. The number of nitrogens with one attached hydrogen (secondary N) is 1. The average molecular weight is 286 g/mol. The first-order valence-corrected chi connectivity index (χ1v) is 6.62. The van der Waals surface area contributed by atoms with Crippen LogP contribution >= 0.6 is 0 Å². The van der Waals surface area contributed by atoms with Gasteiger partial charge in [-0.2, -0.15) is 0 Å². The Balaban J connectivity index is 2.12. The summed E-state index contributed by atoms with van der Waals surface area (Å²) in [5.41, 5.74) is 2.66. The number of methoxy groups -OCH3 is 1. The van der Waals surface area contributed by atoms with Crippen LogP contribution in [0.5, 0.6) is 5.75 Å². The molecular formula is C16H18N2O3. The number of rotatable bonds is 4. The first-order valence-electron chi connectivity index (χ1n) is 6.62. The molecule has 0 saturated carbocycles. The Morgan fingerprint density at radius 1 is 1.24 bits per heavy atom.